The van der Waals surface area contributed by atoms with E-state index in [1.54, 1.807) is 6.21 Å². The van der Waals surface area contributed by atoms with E-state index in [9.17, 15) is 9.90 Å². The number of nitrogens with zero attached hydrogens (tertiary/aromatic N) is 1. The van der Waals surface area contributed by atoms with Crippen LogP contribution in [0.1, 0.15) is 11.3 Å². The zero-order valence-corrected chi connectivity index (χ0v) is 8.97. The fourth-order valence-corrected chi connectivity index (χ4v) is 2.14. The normalized spacial score (nSPS) is 14.2. The standard InChI is InChI=1S/C13H10N2O2/c16-13(17)10-7-14-6-5-9-8-3-1-2-4-11(8)15-12(9)10/h1-4,6-7,15H,5H2,(H,16,17). The first-order chi connectivity index (χ1) is 8.27. The average Bonchev–Trinajstić information content (AvgIpc) is 2.54. The highest BCUT2D eigenvalue weighted by molar-refractivity contribution is 6.17. The third kappa shape index (κ3) is 1.45. The Morgan fingerprint density at radius 3 is 3.00 bits per heavy atom. The van der Waals surface area contributed by atoms with Crippen LogP contribution in [0.15, 0.2) is 35.5 Å². The van der Waals surface area contributed by atoms with Crippen LogP contribution in [0.25, 0.3) is 16.5 Å². The van der Waals surface area contributed by atoms with Crippen LogP contribution in [0.3, 0.4) is 0 Å². The summed E-state index contributed by atoms with van der Waals surface area (Å²) in [4.78, 5) is 18.3. The number of carboxylic acid groups (broad SMARTS) is 1. The van der Waals surface area contributed by atoms with Crippen molar-refractivity contribution in [1.82, 2.24) is 4.98 Å². The third-order valence-electron chi connectivity index (χ3n) is 2.92. The number of H-pyrrole nitrogens is 1. The lowest BCUT2D eigenvalue weighted by Gasteiger charge is -1.99. The number of aromatic amines is 1. The fraction of sp³-hybridized carbons (Fsp3) is 0.0769. The van der Waals surface area contributed by atoms with Gasteiger partial charge in [-0.15, -0.1) is 0 Å². The van der Waals surface area contributed by atoms with Gasteiger partial charge in [0.2, 0.25) is 0 Å². The Labute approximate surface area is 97.3 Å². The lowest BCUT2D eigenvalue weighted by molar-refractivity contribution is -0.130. The molecule has 0 aliphatic carbocycles. The molecule has 2 heterocycles. The number of aliphatic imine (C=N–C) groups is 1. The molecule has 4 nitrogen and oxygen atoms in total. The number of benzene rings is 1. The summed E-state index contributed by atoms with van der Waals surface area (Å²) < 4.78 is 0. The van der Waals surface area contributed by atoms with Crippen molar-refractivity contribution in [3.63, 3.8) is 0 Å². The van der Waals surface area contributed by atoms with Crippen molar-refractivity contribution in [3.8, 4) is 0 Å². The molecule has 17 heavy (non-hydrogen) atoms. The quantitative estimate of drug-likeness (QED) is 0.783. The number of carboxylic acids is 1. The third-order valence-corrected chi connectivity index (χ3v) is 2.92. The number of carbonyl (C=O) groups is 1. The van der Waals surface area contributed by atoms with Gasteiger partial charge in [-0.25, -0.2) is 4.79 Å². The number of nitrogens with one attached hydrogen (secondary N) is 1. The number of fused-ring (bicyclic) bond motifs is 3. The minimum Gasteiger partial charge on any atom is -0.478 e. The minimum absolute atomic E-state index is 0.213. The predicted molar refractivity (Wildman–Crippen MR) is 66.1 cm³/mol. The van der Waals surface area contributed by atoms with Crippen LogP contribution < -0.4 is 0 Å². The van der Waals surface area contributed by atoms with Crippen molar-refractivity contribution in [1.29, 1.82) is 0 Å². The van der Waals surface area contributed by atoms with Gasteiger partial charge in [0.25, 0.3) is 0 Å². The summed E-state index contributed by atoms with van der Waals surface area (Å²) in [5.41, 5.74) is 2.83. The maximum Gasteiger partial charge on any atom is 0.339 e. The molecule has 1 aliphatic heterocycles. The summed E-state index contributed by atoms with van der Waals surface area (Å²) >= 11 is 0. The van der Waals surface area contributed by atoms with E-state index in [0.717, 1.165) is 16.5 Å². The lowest BCUT2D eigenvalue weighted by Crippen LogP contribution is -2.01. The summed E-state index contributed by atoms with van der Waals surface area (Å²) in [5, 5.41) is 10.2. The van der Waals surface area contributed by atoms with E-state index in [1.807, 2.05) is 24.3 Å². The second kappa shape index (κ2) is 3.59. The minimum atomic E-state index is -0.961. The number of rotatable bonds is 1. The van der Waals surface area contributed by atoms with E-state index in [4.69, 9.17) is 0 Å². The van der Waals surface area contributed by atoms with Gasteiger partial charge >= 0.3 is 5.97 Å². The maximum absolute atomic E-state index is 11.2. The largest absolute Gasteiger partial charge is 0.478 e. The molecule has 2 aromatic rings. The van der Waals surface area contributed by atoms with Gasteiger partial charge in [-0.3, -0.25) is 4.99 Å². The second-order valence-corrected chi connectivity index (χ2v) is 3.91. The Morgan fingerprint density at radius 1 is 1.35 bits per heavy atom. The highest BCUT2D eigenvalue weighted by Gasteiger charge is 2.20. The molecule has 1 aliphatic rings. The van der Waals surface area contributed by atoms with Crippen LogP contribution in [0, 0.1) is 0 Å². The van der Waals surface area contributed by atoms with E-state index in [0.29, 0.717) is 12.1 Å². The van der Waals surface area contributed by atoms with Crippen LogP contribution in [0.5, 0.6) is 0 Å². The molecule has 3 rings (SSSR count). The van der Waals surface area contributed by atoms with Gasteiger partial charge in [-0.05, 0) is 11.6 Å². The Bertz CT molecular complexity index is 665. The van der Waals surface area contributed by atoms with E-state index in [-0.39, 0.29) is 5.57 Å². The molecule has 4 heteroatoms. The molecular formula is C13H10N2O2. The van der Waals surface area contributed by atoms with Crippen molar-refractivity contribution in [2.24, 2.45) is 4.99 Å². The summed E-state index contributed by atoms with van der Waals surface area (Å²) in [6, 6.07) is 7.81. The van der Waals surface area contributed by atoms with Gasteiger partial charge < -0.3 is 10.1 Å². The van der Waals surface area contributed by atoms with Gasteiger partial charge in [0.1, 0.15) is 5.57 Å². The van der Waals surface area contributed by atoms with Gasteiger partial charge in [-0.1, -0.05) is 18.2 Å². The molecule has 0 unspecified atom stereocenters. The zero-order chi connectivity index (χ0) is 11.8. The molecular weight excluding hydrogens is 216 g/mol. The molecule has 0 spiro atoms. The second-order valence-electron chi connectivity index (χ2n) is 3.91. The average molecular weight is 226 g/mol. The molecule has 84 valence electrons. The first-order valence-electron chi connectivity index (χ1n) is 5.32. The monoisotopic (exact) mass is 226 g/mol. The van der Waals surface area contributed by atoms with E-state index in [2.05, 4.69) is 9.98 Å². The summed E-state index contributed by atoms with van der Waals surface area (Å²) in [6.45, 7) is 0. The fourth-order valence-electron chi connectivity index (χ4n) is 2.14. The van der Waals surface area contributed by atoms with Crippen LogP contribution in [0.2, 0.25) is 0 Å². The van der Waals surface area contributed by atoms with E-state index >= 15 is 0 Å². The Balaban J connectivity index is 2.34. The van der Waals surface area contributed by atoms with E-state index in [1.165, 1.54) is 6.20 Å². The molecule has 0 radical (unpaired) electrons. The Morgan fingerprint density at radius 2 is 2.18 bits per heavy atom. The first-order valence-corrected chi connectivity index (χ1v) is 5.32. The SMILES string of the molecule is O=C(O)C1=CN=CCc2c1[nH]c1ccccc21. The molecule has 2 N–H and O–H groups in total. The molecule has 0 amide bonds. The predicted octanol–water partition coefficient (Wildman–Crippen LogP) is 2.22. The number of aliphatic carboxylic acids is 1. The molecule has 1 aromatic carbocycles. The number of aromatic nitrogens is 1. The molecule has 0 bridgehead atoms. The van der Waals surface area contributed by atoms with Gasteiger partial charge in [-0.2, -0.15) is 0 Å². The van der Waals surface area contributed by atoms with Crippen molar-refractivity contribution in [2.75, 3.05) is 0 Å². The molecule has 0 saturated carbocycles. The summed E-state index contributed by atoms with van der Waals surface area (Å²) in [7, 11) is 0. The summed E-state index contributed by atoms with van der Waals surface area (Å²) in [5.74, 6) is -0.961. The Kier molecular flexibility index (Phi) is 2.08. The zero-order valence-electron chi connectivity index (χ0n) is 8.97. The van der Waals surface area contributed by atoms with Crippen molar-refractivity contribution >= 4 is 28.7 Å². The van der Waals surface area contributed by atoms with E-state index < -0.39 is 5.97 Å². The van der Waals surface area contributed by atoms with Crippen molar-refractivity contribution in [3.05, 3.63) is 41.7 Å². The van der Waals surface area contributed by atoms with Crippen LogP contribution in [-0.4, -0.2) is 22.3 Å². The summed E-state index contributed by atoms with van der Waals surface area (Å²) in [6.07, 6.45) is 3.77. The highest BCUT2D eigenvalue weighted by Crippen LogP contribution is 2.29. The number of hydrogen-bond donors (Lipinski definition) is 2. The number of para-hydroxylation sites is 1. The Hall–Kier alpha value is -2.36. The van der Waals surface area contributed by atoms with Gasteiger partial charge in [0.15, 0.2) is 0 Å². The first kappa shape index (κ1) is 9.84. The van der Waals surface area contributed by atoms with Crippen molar-refractivity contribution in [2.45, 2.75) is 6.42 Å². The lowest BCUT2D eigenvalue weighted by atomic mass is 10.0. The number of hydrogen-bond acceptors (Lipinski definition) is 2. The van der Waals surface area contributed by atoms with Crippen LogP contribution in [-0.2, 0) is 11.2 Å². The smallest absolute Gasteiger partial charge is 0.339 e. The topological polar surface area (TPSA) is 65.4 Å². The van der Waals surface area contributed by atoms with Crippen LogP contribution in [0.4, 0.5) is 0 Å². The molecule has 0 atom stereocenters. The maximum atomic E-state index is 11.2. The highest BCUT2D eigenvalue weighted by atomic mass is 16.4. The van der Waals surface area contributed by atoms with Crippen molar-refractivity contribution < 1.29 is 9.90 Å². The molecule has 1 aromatic heterocycles. The molecule has 0 saturated heterocycles. The molecule has 0 fully saturated rings. The van der Waals surface area contributed by atoms with Crippen LogP contribution >= 0.6 is 0 Å². The van der Waals surface area contributed by atoms with Gasteiger partial charge in [0.05, 0.1) is 5.69 Å². The van der Waals surface area contributed by atoms with Gasteiger partial charge in [0, 0.05) is 29.7 Å².